The molecule has 1 aromatic heterocycles. The van der Waals surface area contributed by atoms with Gasteiger partial charge in [-0.15, -0.1) is 0 Å². The normalized spacial score (nSPS) is 28.2. The largest absolute Gasteiger partial charge is 0.310 e. The molecule has 5 heteroatoms. The van der Waals surface area contributed by atoms with E-state index < -0.39 is 0 Å². The predicted molar refractivity (Wildman–Crippen MR) is 117 cm³/mol. The van der Waals surface area contributed by atoms with Crippen LogP contribution in [0.4, 0.5) is 5.69 Å². The molecule has 3 fully saturated rings. The van der Waals surface area contributed by atoms with Crippen LogP contribution in [0.1, 0.15) is 36.7 Å². The first-order valence-electron chi connectivity index (χ1n) is 10.9. The molecule has 0 saturated carbocycles. The number of hydrogen-bond acceptors (Lipinski definition) is 3. The highest BCUT2D eigenvalue weighted by atomic mass is 16.2. The van der Waals surface area contributed by atoms with E-state index in [9.17, 15) is 4.79 Å². The number of rotatable bonds is 3. The number of aromatic nitrogens is 2. The number of nitrogens with zero attached hydrogens (tertiary/aromatic N) is 4. The number of amides is 1. The van der Waals surface area contributed by atoms with Crippen LogP contribution in [0.2, 0.25) is 0 Å². The summed E-state index contributed by atoms with van der Waals surface area (Å²) in [7, 11) is 0. The molecule has 0 radical (unpaired) electrons. The van der Waals surface area contributed by atoms with Gasteiger partial charge in [-0.3, -0.25) is 9.69 Å². The third-order valence-corrected chi connectivity index (χ3v) is 7.36. The summed E-state index contributed by atoms with van der Waals surface area (Å²) in [5.41, 5.74) is 3.05. The molecule has 3 aliphatic heterocycles. The van der Waals surface area contributed by atoms with E-state index in [1.807, 2.05) is 29.3 Å². The number of carbonyl (C=O) groups is 1. The highest BCUT2D eigenvalue weighted by Gasteiger charge is 2.66. The van der Waals surface area contributed by atoms with E-state index in [-0.39, 0.29) is 17.5 Å². The number of aryl methyl sites for hydroxylation is 1. The zero-order chi connectivity index (χ0) is 20.3. The molecule has 6 rings (SSSR count). The quantitative estimate of drug-likeness (QED) is 0.666. The Bertz CT molecular complexity index is 1110. The average Bonchev–Trinajstić information content (AvgIpc) is 3.51. The maximum atomic E-state index is 13.8. The van der Waals surface area contributed by atoms with E-state index in [1.165, 1.54) is 5.56 Å². The van der Waals surface area contributed by atoms with E-state index in [0.717, 1.165) is 49.6 Å². The summed E-state index contributed by atoms with van der Waals surface area (Å²) in [6.45, 7) is 3.89. The SMILES string of the molecule is Cc1cccc(-n2ccnc2[C@@H]2C[C@H]3CN(c4ccccc4)C(=O)[C@]34CCCN24)c1. The van der Waals surface area contributed by atoms with Gasteiger partial charge in [0, 0.05) is 42.8 Å². The fourth-order valence-electron chi connectivity index (χ4n) is 6.13. The van der Waals surface area contributed by atoms with Crippen molar-refractivity contribution in [3.05, 3.63) is 78.4 Å². The minimum atomic E-state index is -0.357. The molecule has 1 spiro atoms. The van der Waals surface area contributed by atoms with Crippen LogP contribution in [-0.2, 0) is 4.79 Å². The Kier molecular flexibility index (Phi) is 3.90. The van der Waals surface area contributed by atoms with Crippen molar-refractivity contribution in [2.75, 3.05) is 18.0 Å². The van der Waals surface area contributed by atoms with Gasteiger partial charge < -0.3 is 9.47 Å². The highest BCUT2D eigenvalue weighted by molar-refractivity contribution is 6.03. The van der Waals surface area contributed by atoms with Crippen LogP contribution in [0.25, 0.3) is 5.69 Å². The Morgan fingerprint density at radius 2 is 1.90 bits per heavy atom. The molecule has 0 unspecified atom stereocenters. The Morgan fingerprint density at radius 1 is 1.07 bits per heavy atom. The topological polar surface area (TPSA) is 41.4 Å². The molecule has 4 heterocycles. The number of benzene rings is 2. The van der Waals surface area contributed by atoms with Gasteiger partial charge in [-0.05, 0) is 56.0 Å². The fourth-order valence-corrected chi connectivity index (χ4v) is 6.13. The zero-order valence-corrected chi connectivity index (χ0v) is 17.2. The molecule has 1 amide bonds. The summed E-state index contributed by atoms with van der Waals surface area (Å²) in [5, 5.41) is 0. The minimum Gasteiger partial charge on any atom is -0.310 e. The number of hydrogen-bond donors (Lipinski definition) is 0. The van der Waals surface area contributed by atoms with Crippen molar-refractivity contribution in [3.63, 3.8) is 0 Å². The predicted octanol–water partition coefficient (Wildman–Crippen LogP) is 4.12. The van der Waals surface area contributed by atoms with Crippen LogP contribution in [-0.4, -0.2) is 39.0 Å². The molecule has 152 valence electrons. The summed E-state index contributed by atoms with van der Waals surface area (Å²) >= 11 is 0. The first-order valence-corrected chi connectivity index (χ1v) is 10.9. The van der Waals surface area contributed by atoms with Gasteiger partial charge in [0.1, 0.15) is 11.4 Å². The molecule has 2 aromatic carbocycles. The second-order valence-electron chi connectivity index (χ2n) is 8.92. The second-order valence-corrected chi connectivity index (χ2v) is 8.92. The number of imidazole rings is 1. The summed E-state index contributed by atoms with van der Waals surface area (Å²) in [4.78, 5) is 23.1. The summed E-state index contributed by atoms with van der Waals surface area (Å²) < 4.78 is 2.21. The molecule has 30 heavy (non-hydrogen) atoms. The van der Waals surface area contributed by atoms with E-state index in [0.29, 0.717) is 5.92 Å². The third kappa shape index (κ3) is 2.39. The van der Waals surface area contributed by atoms with Crippen molar-refractivity contribution < 1.29 is 4.79 Å². The van der Waals surface area contributed by atoms with E-state index >= 15 is 0 Å². The van der Waals surface area contributed by atoms with Crippen molar-refractivity contribution in [1.82, 2.24) is 14.5 Å². The van der Waals surface area contributed by atoms with E-state index in [2.05, 4.69) is 59.0 Å². The van der Waals surface area contributed by atoms with Crippen molar-refractivity contribution >= 4 is 11.6 Å². The minimum absolute atomic E-state index is 0.190. The number of anilines is 1. The lowest BCUT2D eigenvalue weighted by Crippen LogP contribution is -2.50. The third-order valence-electron chi connectivity index (χ3n) is 7.36. The van der Waals surface area contributed by atoms with Crippen LogP contribution in [0, 0.1) is 12.8 Å². The van der Waals surface area contributed by atoms with Gasteiger partial charge in [-0.1, -0.05) is 30.3 Å². The average molecular weight is 399 g/mol. The van der Waals surface area contributed by atoms with Gasteiger partial charge in [-0.25, -0.2) is 4.98 Å². The molecule has 0 aliphatic carbocycles. The Labute approximate surface area is 176 Å². The first kappa shape index (κ1) is 17.9. The molecule has 0 bridgehead atoms. The fraction of sp³-hybridized carbons (Fsp3) is 0.360. The van der Waals surface area contributed by atoms with E-state index in [1.54, 1.807) is 0 Å². The van der Waals surface area contributed by atoms with Crippen LogP contribution < -0.4 is 4.90 Å². The molecule has 5 nitrogen and oxygen atoms in total. The molecule has 3 atom stereocenters. The van der Waals surface area contributed by atoms with Gasteiger partial charge >= 0.3 is 0 Å². The summed E-state index contributed by atoms with van der Waals surface area (Å²) in [5.74, 6) is 1.70. The van der Waals surface area contributed by atoms with Crippen molar-refractivity contribution in [2.45, 2.75) is 37.8 Å². The lowest BCUT2D eigenvalue weighted by Gasteiger charge is -2.33. The smallest absolute Gasteiger partial charge is 0.247 e. The summed E-state index contributed by atoms with van der Waals surface area (Å²) in [6.07, 6.45) is 6.97. The highest BCUT2D eigenvalue weighted by Crippen LogP contribution is 2.56. The van der Waals surface area contributed by atoms with E-state index in [4.69, 9.17) is 4.98 Å². The first-order chi connectivity index (χ1) is 14.7. The van der Waals surface area contributed by atoms with Crippen molar-refractivity contribution in [3.8, 4) is 5.69 Å². The lowest BCUT2D eigenvalue weighted by molar-refractivity contribution is -0.126. The second kappa shape index (κ2) is 6.54. The van der Waals surface area contributed by atoms with Gasteiger partial charge in [0.05, 0.1) is 6.04 Å². The molecular weight excluding hydrogens is 372 g/mol. The van der Waals surface area contributed by atoms with Crippen molar-refractivity contribution in [2.24, 2.45) is 5.92 Å². The van der Waals surface area contributed by atoms with Crippen LogP contribution in [0.15, 0.2) is 67.0 Å². The van der Waals surface area contributed by atoms with Gasteiger partial charge in [0.25, 0.3) is 0 Å². The van der Waals surface area contributed by atoms with Gasteiger partial charge in [0.15, 0.2) is 0 Å². The van der Waals surface area contributed by atoms with Crippen LogP contribution in [0.5, 0.6) is 0 Å². The van der Waals surface area contributed by atoms with Crippen molar-refractivity contribution in [1.29, 1.82) is 0 Å². The zero-order valence-electron chi connectivity index (χ0n) is 17.2. The number of para-hydroxylation sites is 1. The van der Waals surface area contributed by atoms with Gasteiger partial charge in [0.2, 0.25) is 5.91 Å². The monoisotopic (exact) mass is 398 g/mol. The van der Waals surface area contributed by atoms with Crippen LogP contribution >= 0.6 is 0 Å². The lowest BCUT2D eigenvalue weighted by atomic mass is 9.85. The summed E-state index contributed by atoms with van der Waals surface area (Å²) in [6, 6.07) is 18.9. The van der Waals surface area contributed by atoms with Crippen LogP contribution in [0.3, 0.4) is 0 Å². The molecule has 3 aliphatic rings. The Balaban J connectivity index is 1.37. The van der Waals surface area contributed by atoms with Gasteiger partial charge in [-0.2, -0.15) is 0 Å². The number of carbonyl (C=O) groups excluding carboxylic acids is 1. The maximum Gasteiger partial charge on any atom is 0.247 e. The maximum absolute atomic E-state index is 13.8. The Hall–Kier alpha value is -2.92. The molecule has 0 N–H and O–H groups in total. The Morgan fingerprint density at radius 3 is 2.73 bits per heavy atom. The molecular formula is C25H26N4O. The molecule has 3 aromatic rings. The standard InChI is InChI=1S/C25H26N4O/c1-18-7-5-10-21(15-18)27-14-12-26-23(27)22-16-19-17-28(20-8-3-2-4-9-20)24(30)25(19)11-6-13-29(22)25/h2-5,7-10,12,14-15,19,22H,6,11,13,16-17H2,1H3/t19-,22-,25-/m0/s1. The molecule has 3 saturated heterocycles.